The second-order valence-electron chi connectivity index (χ2n) is 4.52. The van der Waals surface area contributed by atoms with Crippen LogP contribution in [-0.2, 0) is 15.5 Å². The van der Waals surface area contributed by atoms with Crippen molar-refractivity contribution in [2.24, 2.45) is 0 Å². The Morgan fingerprint density at radius 1 is 1.65 bits per heavy atom. The minimum atomic E-state index is -0.885. The van der Waals surface area contributed by atoms with E-state index < -0.39 is 10.8 Å². The van der Waals surface area contributed by atoms with Crippen LogP contribution in [0.15, 0.2) is 0 Å². The molecule has 0 radical (unpaired) electrons. The Bertz CT molecular complexity index is 280. The van der Waals surface area contributed by atoms with Gasteiger partial charge in [0.1, 0.15) is 0 Å². The Morgan fingerprint density at radius 3 is 2.88 bits per heavy atom. The van der Waals surface area contributed by atoms with Crippen molar-refractivity contribution < 1.29 is 13.7 Å². The number of carbonyl (C=O) groups excluding carboxylic acids is 1. The van der Waals surface area contributed by atoms with E-state index in [9.17, 15) is 9.00 Å². The minimum absolute atomic E-state index is 0.0228. The summed E-state index contributed by atoms with van der Waals surface area (Å²) in [4.78, 5) is 13.4. The van der Waals surface area contributed by atoms with Gasteiger partial charge in [0.15, 0.2) is 0 Å². The van der Waals surface area contributed by atoms with Crippen LogP contribution in [0, 0.1) is 0 Å². The predicted molar refractivity (Wildman–Crippen MR) is 68.5 cm³/mol. The number of hydrogen-bond acceptors (Lipinski definition) is 3. The zero-order chi connectivity index (χ0) is 12.8. The number of carbonyl (C=O) groups is 1. The van der Waals surface area contributed by atoms with Crippen LogP contribution >= 0.6 is 0 Å². The van der Waals surface area contributed by atoms with Gasteiger partial charge >= 0.3 is 6.03 Å². The number of ether oxygens (including phenoxy) is 1. The number of nitrogens with zero attached hydrogens (tertiary/aromatic N) is 1. The molecule has 1 heterocycles. The smallest absolute Gasteiger partial charge is 0.317 e. The Balaban J connectivity index is 2.27. The lowest BCUT2D eigenvalue weighted by molar-refractivity contribution is 0.109. The number of nitrogens with one attached hydrogen (secondary N) is 1. The maximum Gasteiger partial charge on any atom is 0.317 e. The van der Waals surface area contributed by atoms with Gasteiger partial charge in [0.05, 0.1) is 6.10 Å². The summed E-state index contributed by atoms with van der Waals surface area (Å²) in [5, 5.41) is 2.84. The summed E-state index contributed by atoms with van der Waals surface area (Å²) in [6, 6.07) is -0.149. The second kappa shape index (κ2) is 6.96. The van der Waals surface area contributed by atoms with Gasteiger partial charge in [-0.2, -0.15) is 0 Å². The van der Waals surface area contributed by atoms with Crippen molar-refractivity contribution in [2.75, 3.05) is 32.2 Å². The molecular weight excluding hydrogens is 240 g/mol. The lowest BCUT2D eigenvalue weighted by Gasteiger charge is -2.25. The molecule has 6 heteroatoms. The molecule has 0 aromatic carbocycles. The maximum atomic E-state index is 11.8. The first-order valence-corrected chi connectivity index (χ1v) is 7.65. The summed E-state index contributed by atoms with van der Waals surface area (Å²) < 4.78 is 16.5. The largest absolute Gasteiger partial charge is 0.376 e. The molecule has 5 nitrogen and oxygen atoms in total. The van der Waals surface area contributed by atoms with Crippen LogP contribution in [0.5, 0.6) is 0 Å². The lowest BCUT2D eigenvalue weighted by Crippen LogP contribution is -2.46. The van der Waals surface area contributed by atoms with Crippen molar-refractivity contribution in [1.29, 1.82) is 0 Å². The maximum absolute atomic E-state index is 11.8. The van der Waals surface area contributed by atoms with Gasteiger partial charge in [-0.3, -0.25) is 4.21 Å². The molecule has 1 fully saturated rings. The lowest BCUT2D eigenvalue weighted by atomic mass is 10.2. The second-order valence-corrected chi connectivity index (χ2v) is 6.00. The normalized spacial score (nSPS) is 23.1. The Hall–Kier alpha value is -0.620. The van der Waals surface area contributed by atoms with Gasteiger partial charge < -0.3 is 15.0 Å². The van der Waals surface area contributed by atoms with E-state index in [1.807, 2.05) is 6.92 Å². The molecule has 1 aliphatic rings. The summed E-state index contributed by atoms with van der Waals surface area (Å²) in [5.41, 5.74) is 0. The van der Waals surface area contributed by atoms with Crippen LogP contribution in [0.1, 0.15) is 19.8 Å². The molecule has 3 atom stereocenters. The quantitative estimate of drug-likeness (QED) is 0.788. The zero-order valence-electron chi connectivity index (χ0n) is 10.8. The summed E-state index contributed by atoms with van der Waals surface area (Å²) in [6.45, 7) is 3.25. The van der Waals surface area contributed by atoms with E-state index in [-0.39, 0.29) is 18.2 Å². The van der Waals surface area contributed by atoms with Gasteiger partial charge in [-0.15, -0.1) is 0 Å². The summed E-state index contributed by atoms with van der Waals surface area (Å²) in [6.07, 6.45) is 3.89. The van der Waals surface area contributed by atoms with E-state index in [4.69, 9.17) is 4.74 Å². The third-order valence-corrected chi connectivity index (χ3v) is 3.91. The summed E-state index contributed by atoms with van der Waals surface area (Å²) >= 11 is 0. The molecule has 0 unspecified atom stereocenters. The molecule has 0 spiro atoms. The van der Waals surface area contributed by atoms with Crippen molar-refractivity contribution in [3.8, 4) is 0 Å². The van der Waals surface area contributed by atoms with E-state index in [1.165, 1.54) is 0 Å². The SMILES string of the molecule is C[C@H](C[S@@](C)=O)N(C)C(=O)NC[C@@H]1CCCO1. The molecule has 0 aromatic heterocycles. The minimum Gasteiger partial charge on any atom is -0.376 e. The highest BCUT2D eigenvalue weighted by molar-refractivity contribution is 7.84. The predicted octanol–water partition coefficient (Wildman–Crippen LogP) is 0.574. The third-order valence-electron chi connectivity index (χ3n) is 2.96. The highest BCUT2D eigenvalue weighted by Gasteiger charge is 2.20. The number of hydrogen-bond donors (Lipinski definition) is 1. The Morgan fingerprint density at radius 2 is 2.35 bits per heavy atom. The van der Waals surface area contributed by atoms with E-state index in [2.05, 4.69) is 5.32 Å². The number of urea groups is 1. The van der Waals surface area contributed by atoms with Crippen molar-refractivity contribution in [2.45, 2.75) is 31.9 Å². The van der Waals surface area contributed by atoms with Gasteiger partial charge in [0.25, 0.3) is 0 Å². The van der Waals surface area contributed by atoms with Gasteiger partial charge in [-0.05, 0) is 19.8 Å². The zero-order valence-corrected chi connectivity index (χ0v) is 11.6. The highest BCUT2D eigenvalue weighted by atomic mass is 32.2. The van der Waals surface area contributed by atoms with Crippen LogP contribution in [0.2, 0.25) is 0 Å². The molecule has 1 saturated heterocycles. The molecule has 2 amide bonds. The van der Waals surface area contributed by atoms with Crippen LogP contribution in [0.25, 0.3) is 0 Å². The van der Waals surface area contributed by atoms with Crippen molar-refractivity contribution >= 4 is 16.8 Å². The molecule has 1 rings (SSSR count). The summed E-state index contributed by atoms with van der Waals surface area (Å²) in [5.74, 6) is 0.504. The highest BCUT2D eigenvalue weighted by Crippen LogP contribution is 2.10. The summed E-state index contributed by atoms with van der Waals surface area (Å²) in [7, 11) is 0.840. The Kier molecular flexibility index (Phi) is 5.91. The molecule has 1 N–H and O–H groups in total. The fraction of sp³-hybridized carbons (Fsp3) is 0.909. The first-order valence-electron chi connectivity index (χ1n) is 5.93. The number of rotatable bonds is 5. The van der Waals surface area contributed by atoms with Gasteiger partial charge in [0.2, 0.25) is 0 Å². The van der Waals surface area contributed by atoms with Gasteiger partial charge in [-0.1, -0.05) is 0 Å². The monoisotopic (exact) mass is 262 g/mol. The van der Waals surface area contributed by atoms with E-state index in [1.54, 1.807) is 18.2 Å². The third kappa shape index (κ3) is 5.04. The van der Waals surface area contributed by atoms with Gasteiger partial charge in [0, 0.05) is 49.0 Å². The first-order chi connectivity index (χ1) is 8.00. The fourth-order valence-electron chi connectivity index (χ4n) is 1.78. The molecular formula is C11H22N2O3S. The van der Waals surface area contributed by atoms with E-state index in [0.717, 1.165) is 19.4 Å². The van der Waals surface area contributed by atoms with Gasteiger partial charge in [-0.25, -0.2) is 4.79 Å². The molecule has 0 bridgehead atoms. The molecule has 1 aliphatic heterocycles. The average Bonchev–Trinajstić information content (AvgIpc) is 2.76. The molecule has 0 aliphatic carbocycles. The van der Waals surface area contributed by atoms with E-state index >= 15 is 0 Å². The molecule has 100 valence electrons. The topological polar surface area (TPSA) is 58.6 Å². The standard InChI is InChI=1S/C11H22N2O3S/c1-9(8-17(3)15)13(2)11(14)12-7-10-5-4-6-16-10/h9-10H,4-8H2,1-3H3,(H,12,14)/t9-,10+,17-/m1/s1. The van der Waals surface area contributed by atoms with Crippen LogP contribution in [0.3, 0.4) is 0 Å². The molecule has 17 heavy (non-hydrogen) atoms. The van der Waals surface area contributed by atoms with Crippen LogP contribution in [0.4, 0.5) is 4.79 Å². The van der Waals surface area contributed by atoms with Crippen LogP contribution < -0.4 is 5.32 Å². The fourth-order valence-corrected chi connectivity index (χ4v) is 2.69. The number of amides is 2. The van der Waals surface area contributed by atoms with Crippen molar-refractivity contribution in [3.63, 3.8) is 0 Å². The first kappa shape index (κ1) is 14.4. The van der Waals surface area contributed by atoms with Crippen LogP contribution in [-0.4, -0.2) is 59.5 Å². The van der Waals surface area contributed by atoms with E-state index in [0.29, 0.717) is 12.3 Å². The van der Waals surface area contributed by atoms with Crippen molar-refractivity contribution in [3.05, 3.63) is 0 Å². The Labute approximate surface area is 105 Å². The molecule has 0 saturated carbocycles. The average molecular weight is 262 g/mol. The van der Waals surface area contributed by atoms with Crippen molar-refractivity contribution in [1.82, 2.24) is 10.2 Å². The molecule has 0 aromatic rings.